The molecule has 0 saturated carbocycles. The second-order valence-corrected chi connectivity index (χ2v) is 7.72. The van der Waals surface area contributed by atoms with Gasteiger partial charge >= 0.3 is 0 Å². The van der Waals surface area contributed by atoms with E-state index in [0.717, 1.165) is 0 Å². The Balaban J connectivity index is 2.26. The monoisotopic (exact) mass is 411 g/mol. The smallest absolute Gasteiger partial charge is 0.227 e. The fraction of sp³-hybridized carbons (Fsp3) is 0.400. The van der Waals surface area contributed by atoms with Gasteiger partial charge in [0.1, 0.15) is 0 Å². The third-order valence-corrected chi connectivity index (χ3v) is 4.87. The Labute approximate surface area is 127 Å². The lowest BCUT2D eigenvalue weighted by Gasteiger charge is -2.19. The number of rotatable bonds is 3. The average Bonchev–Trinajstić information content (AvgIpc) is 2.56. The fourth-order valence-electron chi connectivity index (χ4n) is 2.10. The molecule has 19 heavy (non-hydrogen) atoms. The molecule has 2 heterocycles. The predicted molar refractivity (Wildman–Crippen MR) is 78.1 cm³/mol. The molecule has 0 spiro atoms. The van der Waals surface area contributed by atoms with Gasteiger partial charge in [0.05, 0.1) is 20.4 Å². The van der Waals surface area contributed by atoms with Gasteiger partial charge in [-0.05, 0) is 31.9 Å². The predicted octanol–water partition coefficient (Wildman–Crippen LogP) is 1.25. The average molecular weight is 413 g/mol. The van der Waals surface area contributed by atoms with Gasteiger partial charge in [-0.1, -0.05) is 0 Å². The summed E-state index contributed by atoms with van der Waals surface area (Å²) >= 11 is 6.67. The van der Waals surface area contributed by atoms with E-state index in [2.05, 4.69) is 36.8 Å². The van der Waals surface area contributed by atoms with E-state index in [9.17, 15) is 13.2 Å². The number of carbonyl (C=O) groups is 1. The summed E-state index contributed by atoms with van der Waals surface area (Å²) in [5, 5.41) is 5.02. The number of hydrogen-bond donors (Lipinski definition) is 1. The Kier molecular flexibility index (Phi) is 4.29. The molecular formula is C10H11Br2N3O3S. The summed E-state index contributed by atoms with van der Waals surface area (Å²) in [6.45, 7) is 0.330. The number of pyridine rings is 1. The maximum atomic E-state index is 12.0. The number of anilines is 1. The highest BCUT2D eigenvalue weighted by Crippen LogP contribution is 2.36. The first-order valence-corrected chi connectivity index (χ1v) is 8.68. The Morgan fingerprint density at radius 2 is 1.95 bits per heavy atom. The van der Waals surface area contributed by atoms with Crippen LogP contribution in [0.1, 0.15) is 6.42 Å². The standard InChI is InChI=1S/C10H11Br2N3O3S/c11-7-2-14-3-8(12)10(7)15-4-6(1-9(15)16)5-19(13,17)18/h2-3,6H,1,4-5H2,(H2,13,17,18). The van der Waals surface area contributed by atoms with Crippen LogP contribution in [-0.2, 0) is 14.8 Å². The molecule has 1 aromatic heterocycles. The molecule has 1 amide bonds. The van der Waals surface area contributed by atoms with Crippen molar-refractivity contribution in [3.05, 3.63) is 21.3 Å². The minimum Gasteiger partial charge on any atom is -0.310 e. The maximum Gasteiger partial charge on any atom is 0.227 e. The number of nitrogens with two attached hydrogens (primary N) is 1. The molecule has 1 unspecified atom stereocenters. The van der Waals surface area contributed by atoms with E-state index in [4.69, 9.17) is 5.14 Å². The van der Waals surface area contributed by atoms with Crippen molar-refractivity contribution >= 4 is 53.5 Å². The highest BCUT2D eigenvalue weighted by atomic mass is 79.9. The lowest BCUT2D eigenvalue weighted by Crippen LogP contribution is -2.28. The highest BCUT2D eigenvalue weighted by molar-refractivity contribution is 9.11. The second-order valence-electron chi connectivity index (χ2n) is 4.36. The lowest BCUT2D eigenvalue weighted by atomic mass is 10.1. The number of carbonyl (C=O) groups excluding carboxylic acids is 1. The van der Waals surface area contributed by atoms with Gasteiger partial charge in [0.2, 0.25) is 15.9 Å². The van der Waals surface area contributed by atoms with Crippen molar-refractivity contribution < 1.29 is 13.2 Å². The molecule has 1 atom stereocenters. The van der Waals surface area contributed by atoms with Crippen LogP contribution in [0.4, 0.5) is 5.69 Å². The summed E-state index contributed by atoms with van der Waals surface area (Å²) in [6, 6.07) is 0. The quantitative estimate of drug-likeness (QED) is 0.808. The molecular weight excluding hydrogens is 402 g/mol. The first-order valence-electron chi connectivity index (χ1n) is 5.38. The van der Waals surface area contributed by atoms with Gasteiger partial charge in [0, 0.05) is 31.3 Å². The van der Waals surface area contributed by atoms with Gasteiger partial charge in [-0.25, -0.2) is 13.6 Å². The van der Waals surface area contributed by atoms with Crippen molar-refractivity contribution in [2.24, 2.45) is 11.1 Å². The first kappa shape index (κ1) is 14.9. The fourth-order valence-corrected chi connectivity index (χ4v) is 4.34. The normalized spacial score (nSPS) is 20.1. The third kappa shape index (κ3) is 3.53. The van der Waals surface area contributed by atoms with Crippen LogP contribution in [0, 0.1) is 5.92 Å². The summed E-state index contributed by atoms with van der Waals surface area (Å²) < 4.78 is 23.5. The minimum absolute atomic E-state index is 0.124. The van der Waals surface area contributed by atoms with Crippen LogP contribution in [-0.4, -0.2) is 31.6 Å². The number of aromatic nitrogens is 1. The Hall–Kier alpha value is -0.510. The van der Waals surface area contributed by atoms with E-state index in [1.54, 1.807) is 17.3 Å². The summed E-state index contributed by atoms with van der Waals surface area (Å²) in [6.07, 6.45) is 3.35. The van der Waals surface area contributed by atoms with Gasteiger partial charge in [0.25, 0.3) is 0 Å². The number of sulfonamides is 1. The zero-order valence-electron chi connectivity index (χ0n) is 9.71. The number of amides is 1. The molecule has 2 rings (SSSR count). The molecule has 1 saturated heterocycles. The van der Waals surface area contributed by atoms with Crippen LogP contribution >= 0.6 is 31.9 Å². The molecule has 104 valence electrons. The molecule has 2 N–H and O–H groups in total. The van der Waals surface area contributed by atoms with Crippen LogP contribution in [0.15, 0.2) is 21.3 Å². The number of hydrogen-bond acceptors (Lipinski definition) is 4. The SMILES string of the molecule is NS(=O)(=O)CC1CC(=O)N(c2c(Br)cncc2Br)C1. The summed E-state index contributed by atoms with van der Waals surface area (Å²) in [7, 11) is -3.57. The van der Waals surface area contributed by atoms with Crippen LogP contribution < -0.4 is 10.0 Å². The van der Waals surface area contributed by atoms with E-state index in [0.29, 0.717) is 21.2 Å². The van der Waals surface area contributed by atoms with E-state index < -0.39 is 10.0 Å². The van der Waals surface area contributed by atoms with Crippen molar-refractivity contribution in [1.29, 1.82) is 0 Å². The maximum absolute atomic E-state index is 12.0. The summed E-state index contributed by atoms with van der Waals surface area (Å²) in [5.74, 6) is -0.592. The van der Waals surface area contributed by atoms with Gasteiger partial charge in [-0.3, -0.25) is 9.78 Å². The largest absolute Gasteiger partial charge is 0.310 e. The molecule has 1 aromatic rings. The van der Waals surface area contributed by atoms with Crippen LogP contribution in [0.5, 0.6) is 0 Å². The molecule has 0 aromatic carbocycles. The van der Waals surface area contributed by atoms with Gasteiger partial charge in [-0.2, -0.15) is 0 Å². The van der Waals surface area contributed by atoms with Crippen molar-refractivity contribution in [1.82, 2.24) is 4.98 Å². The van der Waals surface area contributed by atoms with Crippen molar-refractivity contribution in [2.45, 2.75) is 6.42 Å². The zero-order valence-corrected chi connectivity index (χ0v) is 13.7. The van der Waals surface area contributed by atoms with Crippen LogP contribution in [0.25, 0.3) is 0 Å². The molecule has 1 aliphatic heterocycles. The molecule has 9 heteroatoms. The first-order chi connectivity index (χ1) is 8.78. The zero-order chi connectivity index (χ0) is 14.2. The molecule has 0 radical (unpaired) electrons. The molecule has 6 nitrogen and oxygen atoms in total. The van der Waals surface area contributed by atoms with E-state index in [1.807, 2.05) is 0 Å². The second kappa shape index (κ2) is 5.47. The highest BCUT2D eigenvalue weighted by Gasteiger charge is 2.34. The summed E-state index contributed by atoms with van der Waals surface area (Å²) in [4.78, 5) is 17.5. The minimum atomic E-state index is -3.57. The summed E-state index contributed by atoms with van der Waals surface area (Å²) in [5.41, 5.74) is 0.664. The van der Waals surface area contributed by atoms with Crippen LogP contribution in [0.2, 0.25) is 0 Å². The molecule has 1 fully saturated rings. The van der Waals surface area contributed by atoms with E-state index >= 15 is 0 Å². The lowest BCUT2D eigenvalue weighted by molar-refractivity contribution is -0.117. The number of nitrogens with zero attached hydrogens (tertiary/aromatic N) is 2. The van der Waals surface area contributed by atoms with Crippen LogP contribution in [0.3, 0.4) is 0 Å². The van der Waals surface area contributed by atoms with Gasteiger partial charge in [-0.15, -0.1) is 0 Å². The van der Waals surface area contributed by atoms with E-state index in [1.165, 1.54) is 0 Å². The Morgan fingerprint density at radius 3 is 2.47 bits per heavy atom. The molecule has 0 bridgehead atoms. The van der Waals surface area contributed by atoms with Crippen molar-refractivity contribution in [2.75, 3.05) is 17.2 Å². The topological polar surface area (TPSA) is 93.4 Å². The number of halogens is 2. The molecule has 1 aliphatic rings. The number of primary sulfonamides is 1. The van der Waals surface area contributed by atoms with Crippen molar-refractivity contribution in [3.63, 3.8) is 0 Å². The van der Waals surface area contributed by atoms with Gasteiger partial charge in [0.15, 0.2) is 0 Å². The molecule has 0 aliphatic carbocycles. The van der Waals surface area contributed by atoms with Gasteiger partial charge < -0.3 is 4.90 Å². The Bertz CT molecular complexity index is 600. The van der Waals surface area contributed by atoms with Crippen molar-refractivity contribution in [3.8, 4) is 0 Å². The Morgan fingerprint density at radius 1 is 1.37 bits per heavy atom. The third-order valence-electron chi connectivity index (χ3n) is 2.77. The van der Waals surface area contributed by atoms with E-state index in [-0.39, 0.29) is 24.0 Å².